The van der Waals surface area contributed by atoms with Crippen molar-refractivity contribution in [3.63, 3.8) is 0 Å². The zero-order valence-electron chi connectivity index (χ0n) is 8.16. The highest BCUT2D eigenvalue weighted by molar-refractivity contribution is 7.71. The molecule has 0 aliphatic heterocycles. The fourth-order valence-corrected chi connectivity index (χ4v) is 1.41. The summed E-state index contributed by atoms with van der Waals surface area (Å²) >= 11 is 5.04. The molecule has 13 heavy (non-hydrogen) atoms. The lowest BCUT2D eigenvalue weighted by atomic mass is 10.4. The van der Waals surface area contributed by atoms with Gasteiger partial charge in [-0.3, -0.25) is 5.10 Å². The summed E-state index contributed by atoms with van der Waals surface area (Å²) in [5.74, 6) is 0. The number of rotatable bonds is 5. The van der Waals surface area contributed by atoms with E-state index in [4.69, 9.17) is 12.2 Å². The summed E-state index contributed by atoms with van der Waals surface area (Å²) in [7, 11) is 0. The Balaban J connectivity index is 2.43. The molecule has 0 unspecified atom stereocenters. The molecule has 1 N–H and O–H groups in total. The molecular weight excluding hydrogens is 184 g/mol. The van der Waals surface area contributed by atoms with E-state index in [2.05, 4.69) is 28.9 Å². The predicted molar refractivity (Wildman–Crippen MR) is 55.2 cm³/mol. The van der Waals surface area contributed by atoms with Gasteiger partial charge < -0.3 is 9.47 Å². The van der Waals surface area contributed by atoms with Gasteiger partial charge in [0, 0.05) is 13.1 Å². The van der Waals surface area contributed by atoms with Crippen molar-refractivity contribution in [2.75, 3.05) is 19.6 Å². The third kappa shape index (κ3) is 2.93. The van der Waals surface area contributed by atoms with Crippen molar-refractivity contribution in [3.8, 4) is 0 Å². The van der Waals surface area contributed by atoms with E-state index in [0.29, 0.717) is 4.77 Å². The van der Waals surface area contributed by atoms with Gasteiger partial charge in [-0.15, -0.1) is 0 Å². The molecule has 0 bridgehead atoms. The Morgan fingerprint density at radius 2 is 2.23 bits per heavy atom. The Hall–Kier alpha value is -0.680. The Morgan fingerprint density at radius 3 is 2.69 bits per heavy atom. The topological polar surface area (TPSA) is 36.9 Å². The van der Waals surface area contributed by atoms with Gasteiger partial charge in [-0.25, -0.2) is 0 Å². The Bertz CT molecular complexity index is 286. The van der Waals surface area contributed by atoms with Crippen molar-refractivity contribution in [3.05, 3.63) is 11.1 Å². The van der Waals surface area contributed by atoms with Gasteiger partial charge in [0.2, 0.25) is 0 Å². The van der Waals surface area contributed by atoms with Crippen LogP contribution in [0.3, 0.4) is 0 Å². The second kappa shape index (κ2) is 5.14. The first-order valence-electron chi connectivity index (χ1n) is 4.60. The lowest BCUT2D eigenvalue weighted by Gasteiger charge is -2.17. The van der Waals surface area contributed by atoms with Crippen LogP contribution in [0.25, 0.3) is 0 Å². The van der Waals surface area contributed by atoms with Crippen LogP contribution in [-0.2, 0) is 6.54 Å². The van der Waals surface area contributed by atoms with E-state index in [0.717, 1.165) is 26.2 Å². The van der Waals surface area contributed by atoms with Crippen molar-refractivity contribution in [2.45, 2.75) is 20.4 Å². The monoisotopic (exact) mass is 200 g/mol. The third-order valence-corrected chi connectivity index (χ3v) is 2.50. The van der Waals surface area contributed by atoms with Crippen LogP contribution in [0, 0.1) is 4.77 Å². The highest BCUT2D eigenvalue weighted by atomic mass is 32.1. The summed E-state index contributed by atoms with van der Waals surface area (Å²) in [6, 6.07) is 0. The molecule has 0 fully saturated rings. The summed E-state index contributed by atoms with van der Waals surface area (Å²) in [4.78, 5) is 2.36. The molecule has 0 aromatic carbocycles. The van der Waals surface area contributed by atoms with Crippen molar-refractivity contribution in [2.24, 2.45) is 0 Å². The molecular formula is C8H16N4S. The summed E-state index contributed by atoms with van der Waals surface area (Å²) < 4.78 is 2.65. The molecule has 4 nitrogen and oxygen atoms in total. The maximum absolute atomic E-state index is 5.04. The Kier molecular flexibility index (Phi) is 4.11. The van der Waals surface area contributed by atoms with Gasteiger partial charge in [0.15, 0.2) is 4.77 Å². The largest absolute Gasteiger partial charge is 0.305 e. The number of hydrogen-bond donors (Lipinski definition) is 1. The molecule has 0 atom stereocenters. The first-order valence-corrected chi connectivity index (χ1v) is 5.01. The smallest absolute Gasteiger partial charge is 0.194 e. The van der Waals surface area contributed by atoms with E-state index in [9.17, 15) is 0 Å². The summed E-state index contributed by atoms with van der Waals surface area (Å²) in [5, 5.41) is 6.60. The third-order valence-electron chi connectivity index (χ3n) is 2.17. The average Bonchev–Trinajstić information content (AvgIpc) is 2.54. The fraction of sp³-hybridized carbons (Fsp3) is 0.750. The van der Waals surface area contributed by atoms with E-state index in [-0.39, 0.29) is 0 Å². The van der Waals surface area contributed by atoms with Crippen molar-refractivity contribution < 1.29 is 0 Å². The molecule has 1 aromatic rings. The second-order valence-corrected chi connectivity index (χ2v) is 3.27. The van der Waals surface area contributed by atoms with Gasteiger partial charge in [0.1, 0.15) is 6.33 Å². The van der Waals surface area contributed by atoms with E-state index in [1.165, 1.54) is 0 Å². The fourth-order valence-electron chi connectivity index (χ4n) is 1.22. The number of aromatic nitrogens is 3. The Morgan fingerprint density at radius 1 is 1.54 bits per heavy atom. The SMILES string of the molecule is CCN(CC)CCn1cn[nH]c1=S. The zero-order chi connectivity index (χ0) is 9.68. The number of aromatic amines is 1. The predicted octanol–water partition coefficient (Wildman–Crippen LogP) is 1.28. The van der Waals surface area contributed by atoms with Crippen LogP contribution < -0.4 is 0 Å². The minimum absolute atomic E-state index is 0.701. The highest BCUT2D eigenvalue weighted by Crippen LogP contribution is 1.91. The molecule has 0 saturated carbocycles. The molecule has 0 amide bonds. The summed E-state index contributed by atoms with van der Waals surface area (Å²) in [5.41, 5.74) is 0. The molecule has 0 spiro atoms. The van der Waals surface area contributed by atoms with Gasteiger partial charge >= 0.3 is 0 Å². The van der Waals surface area contributed by atoms with Crippen LogP contribution in [0.15, 0.2) is 6.33 Å². The van der Waals surface area contributed by atoms with Gasteiger partial charge in [-0.05, 0) is 25.3 Å². The quantitative estimate of drug-likeness (QED) is 0.728. The minimum atomic E-state index is 0.701. The highest BCUT2D eigenvalue weighted by Gasteiger charge is 1.99. The van der Waals surface area contributed by atoms with Crippen LogP contribution in [0.2, 0.25) is 0 Å². The number of nitrogens with zero attached hydrogens (tertiary/aromatic N) is 3. The summed E-state index contributed by atoms with van der Waals surface area (Å²) in [6.45, 7) is 8.44. The number of H-pyrrole nitrogens is 1. The first-order chi connectivity index (χ1) is 6.27. The number of hydrogen-bond acceptors (Lipinski definition) is 3. The van der Waals surface area contributed by atoms with Crippen LogP contribution in [-0.4, -0.2) is 39.3 Å². The van der Waals surface area contributed by atoms with Crippen LogP contribution in [0.1, 0.15) is 13.8 Å². The molecule has 74 valence electrons. The maximum Gasteiger partial charge on any atom is 0.194 e. The maximum atomic E-state index is 5.04. The Labute approximate surface area is 83.6 Å². The van der Waals surface area contributed by atoms with Crippen LogP contribution in [0.4, 0.5) is 0 Å². The number of nitrogens with one attached hydrogen (secondary N) is 1. The molecule has 0 saturated heterocycles. The van der Waals surface area contributed by atoms with E-state index in [1.807, 2.05) is 4.57 Å². The molecule has 1 heterocycles. The number of likely N-dealkylation sites (N-methyl/N-ethyl adjacent to an activating group) is 1. The molecule has 0 radical (unpaired) electrons. The van der Waals surface area contributed by atoms with E-state index >= 15 is 0 Å². The van der Waals surface area contributed by atoms with Crippen molar-refractivity contribution in [1.82, 2.24) is 19.7 Å². The normalized spacial score (nSPS) is 11.0. The summed E-state index contributed by atoms with van der Waals surface area (Å²) in [6.07, 6.45) is 1.74. The van der Waals surface area contributed by atoms with Gasteiger partial charge in [0.05, 0.1) is 0 Å². The standard InChI is InChI=1S/C8H16N4S/c1-3-11(4-2)5-6-12-7-9-10-8(12)13/h7H,3-6H2,1-2H3,(H,10,13). The van der Waals surface area contributed by atoms with E-state index in [1.54, 1.807) is 6.33 Å². The van der Waals surface area contributed by atoms with Crippen LogP contribution in [0.5, 0.6) is 0 Å². The van der Waals surface area contributed by atoms with E-state index < -0.39 is 0 Å². The molecule has 0 aliphatic carbocycles. The van der Waals surface area contributed by atoms with Gasteiger partial charge in [0.25, 0.3) is 0 Å². The zero-order valence-corrected chi connectivity index (χ0v) is 8.97. The second-order valence-electron chi connectivity index (χ2n) is 2.88. The molecule has 1 aromatic heterocycles. The minimum Gasteiger partial charge on any atom is -0.305 e. The molecule has 1 rings (SSSR count). The molecule has 0 aliphatic rings. The van der Waals surface area contributed by atoms with Gasteiger partial charge in [-0.2, -0.15) is 5.10 Å². The van der Waals surface area contributed by atoms with Crippen molar-refractivity contribution in [1.29, 1.82) is 0 Å². The average molecular weight is 200 g/mol. The first kappa shape index (κ1) is 10.4. The van der Waals surface area contributed by atoms with Crippen molar-refractivity contribution >= 4 is 12.2 Å². The van der Waals surface area contributed by atoms with Gasteiger partial charge in [-0.1, -0.05) is 13.8 Å². The van der Waals surface area contributed by atoms with Crippen LogP contribution >= 0.6 is 12.2 Å². The lowest BCUT2D eigenvalue weighted by molar-refractivity contribution is 0.290. The molecule has 5 heteroatoms. The lowest BCUT2D eigenvalue weighted by Crippen LogP contribution is -2.26.